The minimum atomic E-state index is 0. The predicted molar refractivity (Wildman–Crippen MR) is 141 cm³/mol. The molecule has 0 aromatic heterocycles. The predicted octanol–water partition coefficient (Wildman–Crippen LogP) is 3.65. The molecule has 6 nitrogen and oxygen atoms in total. The van der Waals surface area contributed by atoms with Gasteiger partial charge in [-0.3, -0.25) is 9.79 Å². The summed E-state index contributed by atoms with van der Waals surface area (Å²) in [4.78, 5) is 21.3. The molecule has 1 heterocycles. The Morgan fingerprint density at radius 1 is 1.19 bits per heavy atom. The summed E-state index contributed by atoms with van der Waals surface area (Å²) in [6, 6.07) is 8.82. The van der Waals surface area contributed by atoms with E-state index >= 15 is 0 Å². The summed E-state index contributed by atoms with van der Waals surface area (Å²) in [6.45, 7) is 12.3. The average molecular weight is 544 g/mol. The van der Waals surface area contributed by atoms with E-state index in [0.717, 1.165) is 64.5 Å². The molecule has 0 bridgehead atoms. The molecule has 1 unspecified atom stereocenters. The van der Waals surface area contributed by atoms with Crippen LogP contribution in [0.1, 0.15) is 57.6 Å². The Labute approximate surface area is 206 Å². The van der Waals surface area contributed by atoms with Crippen LogP contribution in [0.3, 0.4) is 0 Å². The van der Waals surface area contributed by atoms with Crippen molar-refractivity contribution in [1.29, 1.82) is 0 Å². The average Bonchev–Trinajstić information content (AvgIpc) is 2.78. The zero-order valence-corrected chi connectivity index (χ0v) is 22.2. The zero-order chi connectivity index (χ0) is 21.8. The van der Waals surface area contributed by atoms with Crippen molar-refractivity contribution in [2.24, 2.45) is 4.99 Å². The molecule has 1 aliphatic rings. The Morgan fingerprint density at radius 3 is 2.58 bits per heavy atom. The molecule has 0 radical (unpaired) electrons. The first-order valence-corrected chi connectivity index (χ1v) is 11.6. The second-order valence-electron chi connectivity index (χ2n) is 8.15. The van der Waals surface area contributed by atoms with Crippen molar-refractivity contribution in [3.8, 4) is 0 Å². The molecular weight excluding hydrogens is 501 g/mol. The lowest BCUT2D eigenvalue weighted by Gasteiger charge is -2.29. The molecule has 0 aliphatic carbocycles. The number of hydrogen-bond donors (Lipinski definition) is 2. The molecule has 31 heavy (non-hydrogen) atoms. The van der Waals surface area contributed by atoms with Crippen molar-refractivity contribution in [1.82, 2.24) is 20.4 Å². The minimum absolute atomic E-state index is 0. The van der Waals surface area contributed by atoms with Gasteiger partial charge in [-0.15, -0.1) is 24.0 Å². The number of aliphatic imine (C=N–C) groups is 1. The van der Waals surface area contributed by atoms with Gasteiger partial charge in [0.15, 0.2) is 5.96 Å². The maximum absolute atomic E-state index is 12.6. The molecule has 1 amide bonds. The monoisotopic (exact) mass is 543 g/mol. The summed E-state index contributed by atoms with van der Waals surface area (Å²) < 4.78 is 0. The van der Waals surface area contributed by atoms with Crippen LogP contribution in [0.5, 0.6) is 0 Å². The Bertz CT molecular complexity index is 678. The van der Waals surface area contributed by atoms with E-state index in [-0.39, 0.29) is 29.9 Å². The number of carbonyl (C=O) groups excluding carboxylic acids is 1. The van der Waals surface area contributed by atoms with Crippen molar-refractivity contribution in [2.75, 3.05) is 39.8 Å². The van der Waals surface area contributed by atoms with Crippen molar-refractivity contribution in [3.05, 3.63) is 35.4 Å². The van der Waals surface area contributed by atoms with E-state index in [9.17, 15) is 4.79 Å². The SMILES string of the molecule is CCN(CC)CCCC(C)NC(=NC)NCCCC(=O)N1CCc2ccccc2C1.I. The van der Waals surface area contributed by atoms with Crippen molar-refractivity contribution < 1.29 is 4.79 Å². The molecule has 0 saturated carbocycles. The molecule has 1 aromatic carbocycles. The van der Waals surface area contributed by atoms with Crippen molar-refractivity contribution in [3.63, 3.8) is 0 Å². The molecule has 0 saturated heterocycles. The van der Waals surface area contributed by atoms with Crippen molar-refractivity contribution in [2.45, 2.75) is 65.5 Å². The number of benzene rings is 1. The fraction of sp³-hybridized carbons (Fsp3) is 0.667. The lowest BCUT2D eigenvalue weighted by Crippen LogP contribution is -2.43. The maximum atomic E-state index is 12.6. The van der Waals surface area contributed by atoms with Crippen LogP contribution in [-0.2, 0) is 17.8 Å². The van der Waals surface area contributed by atoms with Crippen LogP contribution in [0.15, 0.2) is 29.3 Å². The molecule has 7 heteroatoms. The van der Waals surface area contributed by atoms with Gasteiger partial charge < -0.3 is 20.4 Å². The van der Waals surface area contributed by atoms with Gasteiger partial charge in [-0.25, -0.2) is 0 Å². The van der Waals surface area contributed by atoms with Crippen LogP contribution >= 0.6 is 24.0 Å². The van der Waals surface area contributed by atoms with Gasteiger partial charge in [-0.05, 0) is 63.4 Å². The smallest absolute Gasteiger partial charge is 0.222 e. The summed E-state index contributed by atoms with van der Waals surface area (Å²) in [5, 5.41) is 6.82. The van der Waals surface area contributed by atoms with Crippen molar-refractivity contribution >= 4 is 35.8 Å². The van der Waals surface area contributed by atoms with Crippen LogP contribution in [0.2, 0.25) is 0 Å². The third kappa shape index (κ3) is 9.76. The van der Waals surface area contributed by atoms with Gasteiger partial charge in [-0.1, -0.05) is 38.1 Å². The van der Waals surface area contributed by atoms with Crippen LogP contribution in [-0.4, -0.2) is 67.5 Å². The van der Waals surface area contributed by atoms with E-state index in [4.69, 9.17) is 0 Å². The number of halogens is 1. The maximum Gasteiger partial charge on any atom is 0.222 e. The van der Waals surface area contributed by atoms with E-state index in [0.29, 0.717) is 12.5 Å². The molecule has 2 N–H and O–H groups in total. The number of amides is 1. The molecule has 1 aliphatic heterocycles. The van der Waals surface area contributed by atoms with Gasteiger partial charge in [0, 0.05) is 39.1 Å². The largest absolute Gasteiger partial charge is 0.356 e. The number of nitrogens with zero attached hydrogens (tertiary/aromatic N) is 3. The Morgan fingerprint density at radius 2 is 1.90 bits per heavy atom. The molecule has 1 atom stereocenters. The Balaban J connectivity index is 0.00000480. The van der Waals surface area contributed by atoms with Crippen LogP contribution in [0, 0.1) is 0 Å². The van der Waals surface area contributed by atoms with Gasteiger partial charge in [0.05, 0.1) is 0 Å². The van der Waals surface area contributed by atoms with Gasteiger partial charge >= 0.3 is 0 Å². The van der Waals surface area contributed by atoms with Gasteiger partial charge in [0.25, 0.3) is 0 Å². The highest BCUT2D eigenvalue weighted by molar-refractivity contribution is 14.0. The van der Waals surface area contributed by atoms with Crippen LogP contribution in [0.25, 0.3) is 0 Å². The summed E-state index contributed by atoms with van der Waals surface area (Å²) in [7, 11) is 1.80. The molecule has 1 aromatic rings. The second-order valence-corrected chi connectivity index (χ2v) is 8.15. The third-order valence-electron chi connectivity index (χ3n) is 5.96. The lowest BCUT2D eigenvalue weighted by molar-refractivity contribution is -0.132. The van der Waals surface area contributed by atoms with Crippen LogP contribution < -0.4 is 10.6 Å². The first-order chi connectivity index (χ1) is 14.6. The highest BCUT2D eigenvalue weighted by atomic mass is 127. The Hall–Kier alpha value is -1.35. The lowest BCUT2D eigenvalue weighted by atomic mass is 9.99. The highest BCUT2D eigenvalue weighted by Crippen LogP contribution is 2.19. The number of carbonyl (C=O) groups is 1. The molecule has 0 fully saturated rings. The molecule has 2 rings (SSSR count). The van der Waals surface area contributed by atoms with E-state index in [1.54, 1.807) is 7.05 Å². The number of nitrogens with one attached hydrogen (secondary N) is 2. The number of rotatable bonds is 11. The summed E-state index contributed by atoms with van der Waals surface area (Å²) in [5.74, 6) is 1.07. The van der Waals surface area contributed by atoms with E-state index in [2.05, 4.69) is 65.6 Å². The second kappa shape index (κ2) is 15.5. The fourth-order valence-corrected chi connectivity index (χ4v) is 3.97. The summed E-state index contributed by atoms with van der Waals surface area (Å²) in [5.41, 5.74) is 2.67. The summed E-state index contributed by atoms with van der Waals surface area (Å²) in [6.07, 6.45) is 4.65. The quantitative estimate of drug-likeness (QED) is 0.194. The van der Waals surface area contributed by atoms with Gasteiger partial charge in [0.2, 0.25) is 5.91 Å². The number of fused-ring (bicyclic) bond motifs is 1. The van der Waals surface area contributed by atoms with Gasteiger partial charge in [0.1, 0.15) is 0 Å². The zero-order valence-electron chi connectivity index (χ0n) is 19.8. The molecule has 176 valence electrons. The molecular formula is C24H42IN5O. The first-order valence-electron chi connectivity index (χ1n) is 11.6. The first kappa shape index (κ1) is 27.7. The number of hydrogen-bond acceptors (Lipinski definition) is 3. The standard InChI is InChI=1S/C24H41N5O.HI/c1-5-28(6-2)17-10-11-20(3)27-24(25-4)26-16-9-14-23(30)29-18-15-21-12-7-8-13-22(21)19-29;/h7-8,12-13,20H,5-6,9-11,14-19H2,1-4H3,(H2,25,26,27);1H. The van der Waals surface area contributed by atoms with E-state index in [1.165, 1.54) is 17.5 Å². The van der Waals surface area contributed by atoms with E-state index in [1.807, 2.05) is 4.90 Å². The van der Waals surface area contributed by atoms with Crippen LogP contribution in [0.4, 0.5) is 0 Å². The Kier molecular flexibility index (Phi) is 13.8. The number of guanidine groups is 1. The summed E-state index contributed by atoms with van der Waals surface area (Å²) >= 11 is 0. The normalized spacial score (nSPS) is 14.6. The minimum Gasteiger partial charge on any atom is -0.356 e. The topological polar surface area (TPSA) is 60.0 Å². The third-order valence-corrected chi connectivity index (χ3v) is 5.96. The molecule has 0 spiro atoms. The van der Waals surface area contributed by atoms with Gasteiger partial charge in [-0.2, -0.15) is 0 Å². The fourth-order valence-electron chi connectivity index (χ4n) is 3.97. The highest BCUT2D eigenvalue weighted by Gasteiger charge is 2.19. The van der Waals surface area contributed by atoms with E-state index < -0.39 is 0 Å².